The Morgan fingerprint density at radius 1 is 1.18 bits per heavy atom. The molecule has 0 fully saturated rings. The van der Waals surface area contributed by atoms with E-state index in [2.05, 4.69) is 20.6 Å². The summed E-state index contributed by atoms with van der Waals surface area (Å²) in [4.78, 5) is 16.8. The van der Waals surface area contributed by atoms with Crippen molar-refractivity contribution in [1.29, 1.82) is 0 Å². The number of carboxylic acid groups (broad SMARTS) is 1. The molecule has 9 nitrogen and oxygen atoms in total. The lowest BCUT2D eigenvalue weighted by atomic mass is 10.0. The van der Waals surface area contributed by atoms with Gasteiger partial charge in [0.1, 0.15) is 23.0 Å². The van der Waals surface area contributed by atoms with Crippen LogP contribution in [0.4, 0.5) is 14.5 Å². The van der Waals surface area contributed by atoms with Crippen LogP contribution in [0.2, 0.25) is 0 Å². The first-order valence-electron chi connectivity index (χ1n) is 12.2. The summed E-state index contributed by atoms with van der Waals surface area (Å²) in [6.07, 6.45) is 4.03. The Morgan fingerprint density at radius 3 is 2.61 bits per heavy atom. The average Bonchev–Trinajstić information content (AvgIpc) is 3.52. The third kappa shape index (κ3) is 4.09. The van der Waals surface area contributed by atoms with Gasteiger partial charge in [-0.3, -0.25) is 9.25 Å². The topological polar surface area (TPSA) is 111 Å². The van der Waals surface area contributed by atoms with Gasteiger partial charge in [0.05, 0.1) is 22.8 Å². The summed E-state index contributed by atoms with van der Waals surface area (Å²) < 4.78 is 37.2. The van der Waals surface area contributed by atoms with Crippen LogP contribution in [-0.4, -0.2) is 42.1 Å². The van der Waals surface area contributed by atoms with Gasteiger partial charge in [0.15, 0.2) is 5.69 Å². The molecular formula is C27H26F2N6O3. The molecule has 5 aromatic rings. The van der Waals surface area contributed by atoms with Crippen molar-refractivity contribution >= 4 is 22.7 Å². The molecule has 4 heterocycles. The summed E-state index contributed by atoms with van der Waals surface area (Å²) in [6, 6.07) is 5.22. The summed E-state index contributed by atoms with van der Waals surface area (Å²) >= 11 is 0. The third-order valence-corrected chi connectivity index (χ3v) is 6.33. The van der Waals surface area contributed by atoms with Crippen molar-refractivity contribution in [1.82, 2.24) is 24.5 Å². The molecule has 2 N–H and O–H groups in total. The maximum atomic E-state index is 15.0. The highest BCUT2D eigenvalue weighted by Crippen LogP contribution is 2.40. The van der Waals surface area contributed by atoms with Crippen LogP contribution < -0.4 is 5.32 Å². The number of halogens is 2. The van der Waals surface area contributed by atoms with E-state index in [1.807, 2.05) is 26.8 Å². The number of rotatable bonds is 8. The minimum atomic E-state index is -1.17. The molecule has 1 aromatic carbocycles. The monoisotopic (exact) mass is 520 g/mol. The average molecular weight is 521 g/mol. The van der Waals surface area contributed by atoms with Gasteiger partial charge in [0, 0.05) is 53.6 Å². The zero-order valence-corrected chi connectivity index (χ0v) is 21.3. The van der Waals surface area contributed by atoms with E-state index >= 15 is 0 Å². The van der Waals surface area contributed by atoms with Crippen LogP contribution >= 0.6 is 0 Å². The van der Waals surface area contributed by atoms with Crippen molar-refractivity contribution in [2.45, 2.75) is 40.7 Å². The molecule has 0 atom stereocenters. The van der Waals surface area contributed by atoms with Crippen LogP contribution in [-0.2, 0) is 6.54 Å². The zero-order chi connectivity index (χ0) is 27.1. The molecule has 4 aromatic heterocycles. The number of hydrogen-bond acceptors (Lipinski definition) is 6. The van der Waals surface area contributed by atoms with Crippen molar-refractivity contribution in [3.05, 3.63) is 65.4 Å². The normalized spacial score (nSPS) is 11.4. The Kier molecular flexibility index (Phi) is 6.43. The van der Waals surface area contributed by atoms with E-state index in [0.717, 1.165) is 17.2 Å². The summed E-state index contributed by atoms with van der Waals surface area (Å²) in [5.74, 6) is -2.00. The minimum Gasteiger partial charge on any atom is -0.476 e. The van der Waals surface area contributed by atoms with Gasteiger partial charge in [0.2, 0.25) is 0 Å². The van der Waals surface area contributed by atoms with Gasteiger partial charge in [-0.2, -0.15) is 5.10 Å². The van der Waals surface area contributed by atoms with Crippen LogP contribution in [0.3, 0.4) is 0 Å². The van der Waals surface area contributed by atoms with Gasteiger partial charge >= 0.3 is 5.97 Å². The molecule has 0 radical (unpaired) electrons. The number of fused-ring (bicyclic) bond motifs is 1. The quantitative estimate of drug-likeness (QED) is 0.259. The molecule has 0 saturated carbocycles. The Morgan fingerprint density at radius 2 is 1.97 bits per heavy atom. The molecule has 0 aliphatic carbocycles. The molecule has 38 heavy (non-hydrogen) atoms. The fourth-order valence-electron chi connectivity index (χ4n) is 4.79. The van der Waals surface area contributed by atoms with E-state index in [1.54, 1.807) is 24.0 Å². The lowest BCUT2D eigenvalue weighted by Gasteiger charge is -2.09. The fraction of sp³-hybridized carbons (Fsp3) is 0.259. The molecule has 0 aliphatic rings. The van der Waals surface area contributed by atoms with E-state index in [1.165, 1.54) is 16.7 Å². The van der Waals surface area contributed by atoms with Crippen LogP contribution in [0.1, 0.15) is 42.2 Å². The highest BCUT2D eigenvalue weighted by molar-refractivity contribution is 6.03. The van der Waals surface area contributed by atoms with Crippen molar-refractivity contribution < 1.29 is 23.2 Å². The van der Waals surface area contributed by atoms with Gasteiger partial charge in [-0.25, -0.2) is 18.6 Å². The molecule has 196 valence electrons. The first kappa shape index (κ1) is 25.1. The van der Waals surface area contributed by atoms with Crippen LogP contribution in [0, 0.1) is 25.5 Å². The largest absolute Gasteiger partial charge is 0.476 e. The second kappa shape index (κ2) is 9.73. The second-order valence-corrected chi connectivity index (χ2v) is 8.93. The predicted molar refractivity (Wildman–Crippen MR) is 139 cm³/mol. The molecule has 0 aliphatic heterocycles. The molecule has 0 spiro atoms. The lowest BCUT2D eigenvalue weighted by molar-refractivity contribution is 0.0690. The first-order chi connectivity index (χ1) is 18.2. The van der Waals surface area contributed by atoms with Crippen molar-refractivity contribution in [3.8, 4) is 28.1 Å². The number of aromatic nitrogens is 5. The number of pyridine rings is 1. The SMILES string of the molecule is CCCn1nc(C(=O)O)c(NCC)c1-c1cn(-c2ccc(F)cc2F)c2ncc(-c3c(C)noc3C)cc12. The maximum Gasteiger partial charge on any atom is 0.358 e. The maximum absolute atomic E-state index is 15.0. The van der Waals surface area contributed by atoms with E-state index in [0.29, 0.717) is 58.9 Å². The summed E-state index contributed by atoms with van der Waals surface area (Å²) in [5, 5.41) is 22.1. The number of aryl methyl sites for hydroxylation is 3. The highest BCUT2D eigenvalue weighted by Gasteiger charge is 2.27. The summed E-state index contributed by atoms with van der Waals surface area (Å²) in [7, 11) is 0. The second-order valence-electron chi connectivity index (χ2n) is 8.93. The Hall–Kier alpha value is -4.54. The number of carboxylic acids is 1. The van der Waals surface area contributed by atoms with E-state index in [9.17, 15) is 18.7 Å². The number of carbonyl (C=O) groups is 1. The number of aromatic carboxylic acids is 1. The van der Waals surface area contributed by atoms with Gasteiger partial charge < -0.3 is 14.9 Å². The Labute approximate surface area is 216 Å². The molecule has 0 amide bonds. The lowest BCUT2D eigenvalue weighted by Crippen LogP contribution is -2.05. The number of nitrogens with one attached hydrogen (secondary N) is 1. The minimum absolute atomic E-state index is 0.102. The standard InChI is InChI=1S/C27H26F2N6O3/c1-5-9-35-25(23(30-6-2)24(32-35)27(36)37)19-13-34(21-8-7-17(28)11-20(21)29)26-18(19)10-16(12-31-26)22-14(3)33-38-15(22)4/h7-8,10-13,30H,5-6,9H2,1-4H3,(H,36,37). The zero-order valence-electron chi connectivity index (χ0n) is 21.3. The van der Waals surface area contributed by atoms with Crippen molar-refractivity contribution in [3.63, 3.8) is 0 Å². The molecule has 0 bridgehead atoms. The molecular weight excluding hydrogens is 494 g/mol. The molecule has 11 heteroatoms. The fourth-order valence-corrected chi connectivity index (χ4v) is 4.79. The van der Waals surface area contributed by atoms with Crippen LogP contribution in [0.25, 0.3) is 39.1 Å². The molecule has 5 rings (SSSR count). The molecule has 0 saturated heterocycles. The Bertz CT molecular complexity index is 1660. The Balaban J connectivity index is 1.88. The number of nitrogens with zero attached hydrogens (tertiary/aromatic N) is 5. The van der Waals surface area contributed by atoms with E-state index in [4.69, 9.17) is 4.52 Å². The summed E-state index contributed by atoms with van der Waals surface area (Å²) in [5.41, 5.74) is 4.09. The van der Waals surface area contributed by atoms with Gasteiger partial charge in [-0.15, -0.1) is 0 Å². The van der Waals surface area contributed by atoms with Gasteiger partial charge in [-0.1, -0.05) is 12.1 Å². The highest BCUT2D eigenvalue weighted by atomic mass is 19.1. The third-order valence-electron chi connectivity index (χ3n) is 6.33. The van der Waals surface area contributed by atoms with E-state index in [-0.39, 0.29) is 11.4 Å². The number of benzene rings is 1. The number of hydrogen-bond donors (Lipinski definition) is 2. The van der Waals surface area contributed by atoms with Gasteiger partial charge in [-0.05, 0) is 45.4 Å². The predicted octanol–water partition coefficient (Wildman–Crippen LogP) is 5.98. The number of anilines is 1. The summed E-state index contributed by atoms with van der Waals surface area (Å²) in [6.45, 7) is 8.37. The van der Waals surface area contributed by atoms with Crippen LogP contribution in [0.15, 0.2) is 41.2 Å². The van der Waals surface area contributed by atoms with Gasteiger partial charge in [0.25, 0.3) is 0 Å². The van der Waals surface area contributed by atoms with E-state index < -0.39 is 17.6 Å². The molecule has 0 unspecified atom stereocenters. The van der Waals surface area contributed by atoms with Crippen molar-refractivity contribution in [2.75, 3.05) is 11.9 Å². The smallest absolute Gasteiger partial charge is 0.358 e. The first-order valence-corrected chi connectivity index (χ1v) is 12.2. The van der Waals surface area contributed by atoms with Crippen molar-refractivity contribution in [2.24, 2.45) is 0 Å². The van der Waals surface area contributed by atoms with Crippen LogP contribution in [0.5, 0.6) is 0 Å².